The van der Waals surface area contributed by atoms with Gasteiger partial charge in [-0.3, -0.25) is 9.59 Å². The molecule has 0 aromatic heterocycles. The van der Waals surface area contributed by atoms with Gasteiger partial charge in [0.1, 0.15) is 0 Å². The van der Waals surface area contributed by atoms with E-state index in [0.717, 1.165) is 5.56 Å². The molecule has 0 heterocycles. The minimum atomic E-state index is -0.830. The van der Waals surface area contributed by atoms with E-state index < -0.39 is 5.97 Å². The van der Waals surface area contributed by atoms with Gasteiger partial charge in [-0.25, -0.2) is 0 Å². The highest BCUT2D eigenvalue weighted by atomic mass is 16.5. The third-order valence-corrected chi connectivity index (χ3v) is 2.77. The minimum Gasteiger partial charge on any atom is -0.481 e. The van der Waals surface area contributed by atoms with Crippen LogP contribution < -0.4 is 5.32 Å². The van der Waals surface area contributed by atoms with Crippen LogP contribution in [0.4, 0.5) is 5.69 Å². The summed E-state index contributed by atoms with van der Waals surface area (Å²) in [5.41, 5.74) is 1.58. The van der Waals surface area contributed by atoms with Crippen LogP contribution in [-0.2, 0) is 20.7 Å². The Morgan fingerprint density at radius 1 is 1.33 bits per heavy atom. The number of anilines is 1. The Balaban J connectivity index is 2.36. The Bertz CT molecular complexity index is 485. The van der Waals surface area contributed by atoms with Gasteiger partial charge >= 0.3 is 5.97 Å². The summed E-state index contributed by atoms with van der Waals surface area (Å²) in [6.45, 7) is 4.56. The Labute approximate surface area is 124 Å². The molecule has 0 aliphatic carbocycles. The molecular weight excluding hydrogens is 270 g/mol. The van der Waals surface area contributed by atoms with Crippen molar-refractivity contribution in [3.8, 4) is 0 Å². The van der Waals surface area contributed by atoms with Gasteiger partial charge < -0.3 is 15.2 Å². The minimum absolute atomic E-state index is 0.0763. The molecule has 21 heavy (non-hydrogen) atoms. The molecule has 1 aromatic carbocycles. The molecule has 0 radical (unpaired) electrons. The lowest BCUT2D eigenvalue weighted by atomic mass is 10.1. The van der Waals surface area contributed by atoms with Crippen molar-refractivity contribution in [3.05, 3.63) is 42.5 Å². The maximum absolute atomic E-state index is 11.7. The monoisotopic (exact) mass is 291 g/mol. The van der Waals surface area contributed by atoms with Crippen molar-refractivity contribution in [3.63, 3.8) is 0 Å². The molecule has 114 valence electrons. The molecule has 0 aliphatic rings. The molecule has 0 fully saturated rings. The molecule has 0 saturated heterocycles. The van der Waals surface area contributed by atoms with Gasteiger partial charge in [0.25, 0.3) is 0 Å². The van der Waals surface area contributed by atoms with E-state index in [9.17, 15) is 9.59 Å². The number of carboxylic acids is 1. The quantitative estimate of drug-likeness (QED) is 0.513. The Morgan fingerprint density at radius 2 is 2.14 bits per heavy atom. The number of carbonyl (C=O) groups excluding carboxylic acids is 1. The number of aryl methyl sites for hydroxylation is 1. The maximum Gasteiger partial charge on any atom is 0.303 e. The van der Waals surface area contributed by atoms with E-state index in [2.05, 4.69) is 11.9 Å². The summed E-state index contributed by atoms with van der Waals surface area (Å²) < 4.78 is 5.20. The van der Waals surface area contributed by atoms with Crippen molar-refractivity contribution in [2.24, 2.45) is 0 Å². The maximum atomic E-state index is 11.7. The molecule has 0 saturated carbocycles. The fourth-order valence-corrected chi connectivity index (χ4v) is 1.78. The van der Waals surface area contributed by atoms with E-state index in [1.165, 1.54) is 0 Å². The Morgan fingerprint density at radius 3 is 2.86 bits per heavy atom. The van der Waals surface area contributed by atoms with Crippen LogP contribution in [0.25, 0.3) is 0 Å². The first-order valence-electron chi connectivity index (χ1n) is 6.91. The second-order valence-electron chi connectivity index (χ2n) is 4.61. The molecular formula is C16H21NO4. The van der Waals surface area contributed by atoms with E-state index in [-0.39, 0.29) is 12.3 Å². The third kappa shape index (κ3) is 7.89. The summed E-state index contributed by atoms with van der Waals surface area (Å²) in [5.74, 6) is -0.906. The highest BCUT2D eigenvalue weighted by molar-refractivity contribution is 5.90. The molecule has 1 aromatic rings. The summed E-state index contributed by atoms with van der Waals surface area (Å²) in [4.78, 5) is 22.3. The molecule has 0 atom stereocenters. The van der Waals surface area contributed by atoms with Crippen LogP contribution in [0.3, 0.4) is 0 Å². The lowest BCUT2D eigenvalue weighted by Crippen LogP contribution is -2.12. The molecule has 0 aliphatic heterocycles. The first-order chi connectivity index (χ1) is 10.1. The number of ether oxygens (including phenoxy) is 1. The van der Waals surface area contributed by atoms with Crippen molar-refractivity contribution in [1.82, 2.24) is 0 Å². The lowest BCUT2D eigenvalue weighted by Gasteiger charge is -2.07. The van der Waals surface area contributed by atoms with E-state index in [1.807, 2.05) is 6.07 Å². The molecule has 2 N–H and O–H groups in total. The van der Waals surface area contributed by atoms with Crippen LogP contribution in [-0.4, -0.2) is 30.2 Å². The third-order valence-electron chi connectivity index (χ3n) is 2.77. The van der Waals surface area contributed by atoms with Crippen LogP contribution in [0, 0.1) is 0 Å². The smallest absolute Gasteiger partial charge is 0.303 e. The number of aliphatic carboxylic acids is 1. The topological polar surface area (TPSA) is 75.6 Å². The van der Waals surface area contributed by atoms with Crippen LogP contribution in [0.2, 0.25) is 0 Å². The molecule has 1 rings (SSSR count). The normalized spacial score (nSPS) is 10.1. The first-order valence-corrected chi connectivity index (χ1v) is 6.91. The van der Waals surface area contributed by atoms with Crippen molar-refractivity contribution in [1.29, 1.82) is 0 Å². The van der Waals surface area contributed by atoms with Gasteiger partial charge in [0.05, 0.1) is 6.61 Å². The summed E-state index contributed by atoms with van der Waals surface area (Å²) in [6.07, 6.45) is 3.24. The Hall–Kier alpha value is -2.14. The molecule has 5 nitrogen and oxygen atoms in total. The van der Waals surface area contributed by atoms with Crippen LogP contribution >= 0.6 is 0 Å². The number of carboxylic acid groups (broad SMARTS) is 1. The number of nitrogens with one attached hydrogen (secondary N) is 1. The Kier molecular flexibility index (Phi) is 7.82. The number of hydrogen-bond acceptors (Lipinski definition) is 3. The van der Waals surface area contributed by atoms with Crippen LogP contribution in [0.1, 0.15) is 24.8 Å². The number of rotatable bonds is 10. The van der Waals surface area contributed by atoms with Gasteiger partial charge in [0.15, 0.2) is 0 Å². The highest BCUT2D eigenvalue weighted by Gasteiger charge is 2.04. The van der Waals surface area contributed by atoms with E-state index in [1.54, 1.807) is 24.3 Å². The molecule has 5 heteroatoms. The average Bonchev–Trinajstić information content (AvgIpc) is 2.45. The fraction of sp³-hybridized carbons (Fsp3) is 0.375. The van der Waals surface area contributed by atoms with E-state index in [0.29, 0.717) is 38.2 Å². The van der Waals surface area contributed by atoms with Crippen LogP contribution in [0.15, 0.2) is 36.9 Å². The predicted molar refractivity (Wildman–Crippen MR) is 81.3 cm³/mol. The zero-order valence-electron chi connectivity index (χ0n) is 12.0. The zero-order chi connectivity index (χ0) is 15.5. The van der Waals surface area contributed by atoms with Gasteiger partial charge in [-0.1, -0.05) is 18.2 Å². The summed E-state index contributed by atoms with van der Waals surface area (Å²) in [6, 6.07) is 7.24. The van der Waals surface area contributed by atoms with Crippen molar-refractivity contribution >= 4 is 17.6 Å². The van der Waals surface area contributed by atoms with Gasteiger partial charge in [-0.15, -0.1) is 6.58 Å². The average molecular weight is 291 g/mol. The summed E-state index contributed by atoms with van der Waals surface area (Å²) in [5, 5.41) is 11.5. The number of carbonyl (C=O) groups is 2. The highest BCUT2D eigenvalue weighted by Crippen LogP contribution is 2.13. The first kappa shape index (κ1) is 16.9. The van der Waals surface area contributed by atoms with E-state index >= 15 is 0 Å². The second-order valence-corrected chi connectivity index (χ2v) is 4.61. The summed E-state index contributed by atoms with van der Waals surface area (Å²) in [7, 11) is 0. The second kappa shape index (κ2) is 9.72. The number of hydrogen-bond donors (Lipinski definition) is 2. The van der Waals surface area contributed by atoms with Crippen molar-refractivity contribution in [2.45, 2.75) is 25.7 Å². The van der Waals surface area contributed by atoms with E-state index in [4.69, 9.17) is 9.84 Å². The largest absolute Gasteiger partial charge is 0.481 e. The fourth-order valence-electron chi connectivity index (χ4n) is 1.78. The van der Waals surface area contributed by atoms with Crippen molar-refractivity contribution in [2.75, 3.05) is 18.5 Å². The number of benzene rings is 1. The van der Waals surface area contributed by atoms with Gasteiger partial charge in [-0.2, -0.15) is 0 Å². The van der Waals surface area contributed by atoms with Crippen LogP contribution in [0.5, 0.6) is 0 Å². The van der Waals surface area contributed by atoms with Crippen molar-refractivity contribution < 1.29 is 19.4 Å². The standard InChI is InChI=1S/C16H21NO4/c1-2-10-21-11-4-7-15(18)17-14-6-3-5-13(12-14)8-9-16(19)20/h2-3,5-6,12H,1,4,7-11H2,(H,17,18)(H,19,20). The summed E-state index contributed by atoms with van der Waals surface area (Å²) >= 11 is 0. The van der Waals surface area contributed by atoms with Gasteiger partial charge in [0, 0.05) is 25.1 Å². The molecule has 0 spiro atoms. The zero-order valence-corrected chi connectivity index (χ0v) is 12.0. The SMILES string of the molecule is C=CCOCCCC(=O)Nc1cccc(CCC(=O)O)c1. The van der Waals surface area contributed by atoms with Gasteiger partial charge in [0.2, 0.25) is 5.91 Å². The molecule has 1 amide bonds. The molecule has 0 unspecified atom stereocenters. The van der Waals surface area contributed by atoms with Gasteiger partial charge in [-0.05, 0) is 30.5 Å². The molecule has 0 bridgehead atoms. The number of amides is 1. The predicted octanol–water partition coefficient (Wildman–Crippen LogP) is 2.63. The lowest BCUT2D eigenvalue weighted by molar-refractivity contribution is -0.137.